The number of ether oxygens (including phenoxy) is 1. The lowest BCUT2D eigenvalue weighted by atomic mass is 9.99. The van der Waals surface area contributed by atoms with E-state index in [1.165, 1.54) is 16.8 Å². The first-order chi connectivity index (χ1) is 13.6. The van der Waals surface area contributed by atoms with E-state index in [0.717, 1.165) is 70.5 Å². The third-order valence-corrected chi connectivity index (χ3v) is 7.58. The number of aliphatic imine (C=N–C) groups is 1. The summed E-state index contributed by atoms with van der Waals surface area (Å²) in [5, 5.41) is 3.69. The van der Waals surface area contributed by atoms with Crippen molar-refractivity contribution in [3.63, 3.8) is 0 Å². The average Bonchev–Trinajstić information content (AvgIpc) is 2.72. The number of thioether (sulfide) groups is 1. The standard InChI is InChI=1S/C22H36N4OS.HI/c1-5-28-22(9-15-27-16-10-22)17-24-21(23-4)26-13-11-25(12-14-26)20-8-6-7-18(2)19(20)3;/h6-8H,5,9-17H2,1-4H3,(H,23,24);1H. The zero-order chi connectivity index (χ0) is 20.0. The van der Waals surface area contributed by atoms with E-state index in [4.69, 9.17) is 4.74 Å². The second kappa shape index (κ2) is 11.6. The molecule has 1 N–H and O–H groups in total. The first kappa shape index (κ1) is 24.6. The highest BCUT2D eigenvalue weighted by Gasteiger charge is 2.33. The molecule has 1 aromatic rings. The Hall–Kier alpha value is -0.670. The maximum atomic E-state index is 5.61. The van der Waals surface area contributed by atoms with E-state index >= 15 is 0 Å². The van der Waals surface area contributed by atoms with Gasteiger partial charge in [-0.2, -0.15) is 11.8 Å². The fraction of sp³-hybridized carbons (Fsp3) is 0.682. The highest BCUT2D eigenvalue weighted by Crippen LogP contribution is 2.34. The number of nitrogens with zero attached hydrogens (tertiary/aromatic N) is 3. The molecule has 3 rings (SSSR count). The van der Waals surface area contributed by atoms with Gasteiger partial charge in [-0.3, -0.25) is 4.99 Å². The molecule has 2 saturated heterocycles. The van der Waals surface area contributed by atoms with Crippen molar-refractivity contribution in [3.8, 4) is 0 Å². The number of rotatable bonds is 5. The molecular weight excluding hydrogens is 495 g/mol. The molecule has 0 saturated carbocycles. The molecule has 0 aliphatic carbocycles. The first-order valence-corrected chi connectivity index (χ1v) is 11.6. The molecule has 0 atom stereocenters. The lowest BCUT2D eigenvalue weighted by molar-refractivity contribution is 0.0780. The van der Waals surface area contributed by atoms with E-state index in [0.29, 0.717) is 0 Å². The van der Waals surface area contributed by atoms with Crippen LogP contribution in [0, 0.1) is 13.8 Å². The van der Waals surface area contributed by atoms with Gasteiger partial charge >= 0.3 is 0 Å². The van der Waals surface area contributed by atoms with Crippen LogP contribution in [0.15, 0.2) is 23.2 Å². The summed E-state index contributed by atoms with van der Waals surface area (Å²) in [4.78, 5) is 9.51. The molecule has 0 radical (unpaired) electrons. The van der Waals surface area contributed by atoms with Crippen LogP contribution in [-0.2, 0) is 4.74 Å². The van der Waals surface area contributed by atoms with Crippen LogP contribution in [0.4, 0.5) is 5.69 Å². The number of aryl methyl sites for hydroxylation is 1. The molecule has 1 aromatic carbocycles. The number of hydrogen-bond donors (Lipinski definition) is 1. The number of anilines is 1. The van der Waals surface area contributed by atoms with Gasteiger partial charge in [0, 0.05) is 63.4 Å². The van der Waals surface area contributed by atoms with Gasteiger partial charge in [0.1, 0.15) is 0 Å². The van der Waals surface area contributed by atoms with E-state index in [1.807, 2.05) is 7.05 Å². The third-order valence-electron chi connectivity index (χ3n) is 6.13. The fourth-order valence-electron chi connectivity index (χ4n) is 4.23. The number of benzene rings is 1. The summed E-state index contributed by atoms with van der Waals surface area (Å²) in [6.07, 6.45) is 2.24. The second-order valence-corrected chi connectivity index (χ2v) is 9.55. The summed E-state index contributed by atoms with van der Waals surface area (Å²) in [7, 11) is 1.91. The maximum Gasteiger partial charge on any atom is 0.193 e. The van der Waals surface area contributed by atoms with Crippen molar-refractivity contribution in [2.24, 2.45) is 4.99 Å². The van der Waals surface area contributed by atoms with Crippen LogP contribution in [-0.4, -0.2) is 74.3 Å². The van der Waals surface area contributed by atoms with Crippen LogP contribution in [0.25, 0.3) is 0 Å². The van der Waals surface area contributed by atoms with Gasteiger partial charge in [0.2, 0.25) is 0 Å². The number of halogens is 1. The van der Waals surface area contributed by atoms with E-state index < -0.39 is 0 Å². The van der Waals surface area contributed by atoms with Crippen LogP contribution in [0.3, 0.4) is 0 Å². The van der Waals surface area contributed by atoms with Crippen molar-refractivity contribution < 1.29 is 4.74 Å². The molecule has 2 aliphatic rings. The number of guanidine groups is 1. The minimum atomic E-state index is 0. The van der Waals surface area contributed by atoms with Crippen molar-refractivity contribution >= 4 is 47.4 Å². The van der Waals surface area contributed by atoms with Gasteiger partial charge in [-0.05, 0) is 49.6 Å². The van der Waals surface area contributed by atoms with Crippen LogP contribution in [0.1, 0.15) is 30.9 Å². The molecular formula is C22H37IN4OS. The Morgan fingerprint density at radius 3 is 2.48 bits per heavy atom. The third kappa shape index (κ3) is 6.17. The average molecular weight is 533 g/mol. The molecule has 2 fully saturated rings. The van der Waals surface area contributed by atoms with Crippen LogP contribution >= 0.6 is 35.7 Å². The van der Waals surface area contributed by atoms with Crippen LogP contribution in [0.2, 0.25) is 0 Å². The molecule has 0 spiro atoms. The topological polar surface area (TPSA) is 40.1 Å². The zero-order valence-corrected chi connectivity index (χ0v) is 21.5. The van der Waals surface area contributed by atoms with Crippen molar-refractivity contribution in [1.29, 1.82) is 0 Å². The van der Waals surface area contributed by atoms with Gasteiger partial charge in [-0.25, -0.2) is 0 Å². The minimum absolute atomic E-state index is 0. The van der Waals surface area contributed by atoms with Gasteiger partial charge < -0.3 is 19.9 Å². The SMILES string of the molecule is CCSC1(CNC(=NC)N2CCN(c3cccc(C)c3C)CC2)CCOCC1.I. The Morgan fingerprint density at radius 1 is 1.17 bits per heavy atom. The lowest BCUT2D eigenvalue weighted by Crippen LogP contribution is -2.55. The molecule has 164 valence electrons. The quantitative estimate of drug-likeness (QED) is 0.354. The molecule has 0 unspecified atom stereocenters. The monoisotopic (exact) mass is 532 g/mol. The molecule has 5 nitrogen and oxygen atoms in total. The van der Waals surface area contributed by atoms with Gasteiger partial charge in [0.15, 0.2) is 5.96 Å². The Kier molecular flexibility index (Phi) is 9.88. The van der Waals surface area contributed by atoms with E-state index in [1.54, 1.807) is 0 Å². The molecule has 7 heteroatoms. The Morgan fingerprint density at radius 2 is 1.86 bits per heavy atom. The normalized spacial score (nSPS) is 19.7. The summed E-state index contributed by atoms with van der Waals surface area (Å²) in [6, 6.07) is 6.62. The molecule has 0 aromatic heterocycles. The van der Waals surface area contributed by atoms with E-state index in [-0.39, 0.29) is 28.7 Å². The van der Waals surface area contributed by atoms with E-state index in [9.17, 15) is 0 Å². The summed E-state index contributed by atoms with van der Waals surface area (Å²) >= 11 is 2.08. The lowest BCUT2D eigenvalue weighted by Gasteiger charge is -2.41. The van der Waals surface area contributed by atoms with Crippen molar-refractivity contribution in [1.82, 2.24) is 10.2 Å². The second-order valence-electron chi connectivity index (χ2n) is 7.82. The van der Waals surface area contributed by atoms with Gasteiger partial charge in [0.25, 0.3) is 0 Å². The minimum Gasteiger partial charge on any atom is -0.381 e. The highest BCUT2D eigenvalue weighted by molar-refractivity contribution is 14.0. The Balaban J connectivity index is 0.00000300. The van der Waals surface area contributed by atoms with Crippen LogP contribution in [0.5, 0.6) is 0 Å². The number of piperazine rings is 1. The molecule has 2 aliphatic heterocycles. The van der Waals surface area contributed by atoms with Crippen LogP contribution < -0.4 is 10.2 Å². The van der Waals surface area contributed by atoms with Crippen molar-refractivity contribution in [2.75, 3.05) is 63.6 Å². The van der Waals surface area contributed by atoms with Gasteiger partial charge in [0.05, 0.1) is 0 Å². The number of hydrogen-bond acceptors (Lipinski definition) is 4. The van der Waals surface area contributed by atoms with Crippen molar-refractivity contribution in [3.05, 3.63) is 29.3 Å². The summed E-state index contributed by atoms with van der Waals surface area (Å²) in [5.41, 5.74) is 4.15. The van der Waals surface area contributed by atoms with Gasteiger partial charge in [-0.15, -0.1) is 24.0 Å². The smallest absolute Gasteiger partial charge is 0.193 e. The molecule has 0 amide bonds. The largest absolute Gasteiger partial charge is 0.381 e. The summed E-state index contributed by atoms with van der Waals surface area (Å²) in [5.74, 6) is 2.19. The predicted molar refractivity (Wildman–Crippen MR) is 137 cm³/mol. The zero-order valence-electron chi connectivity index (χ0n) is 18.4. The maximum absolute atomic E-state index is 5.61. The van der Waals surface area contributed by atoms with E-state index in [2.05, 4.69) is 70.8 Å². The summed E-state index contributed by atoms with van der Waals surface area (Å²) < 4.78 is 5.89. The fourth-order valence-corrected chi connectivity index (χ4v) is 5.47. The first-order valence-electron chi connectivity index (χ1n) is 10.6. The van der Waals surface area contributed by atoms with Gasteiger partial charge in [-0.1, -0.05) is 19.1 Å². The molecule has 2 heterocycles. The predicted octanol–water partition coefficient (Wildman–Crippen LogP) is 3.92. The summed E-state index contributed by atoms with van der Waals surface area (Å²) in [6.45, 7) is 13.5. The Labute approximate surface area is 198 Å². The number of nitrogens with one attached hydrogen (secondary N) is 1. The Bertz CT molecular complexity index is 665. The molecule has 29 heavy (non-hydrogen) atoms. The molecule has 0 bridgehead atoms. The van der Waals surface area contributed by atoms with Crippen molar-refractivity contribution in [2.45, 2.75) is 38.4 Å². The highest BCUT2D eigenvalue weighted by atomic mass is 127.